The zero-order valence-corrected chi connectivity index (χ0v) is 10.4. The summed E-state index contributed by atoms with van der Waals surface area (Å²) in [5.74, 6) is -1.67. The van der Waals surface area contributed by atoms with Gasteiger partial charge in [0, 0.05) is 19.6 Å². The van der Waals surface area contributed by atoms with Gasteiger partial charge in [0.25, 0.3) is 0 Å². The second-order valence-electron chi connectivity index (χ2n) is 5.54. The van der Waals surface area contributed by atoms with Gasteiger partial charge in [0.05, 0.1) is 11.8 Å². The molecule has 1 aliphatic heterocycles. The smallest absolute Gasteiger partial charge is 0.307 e. The van der Waals surface area contributed by atoms with Crippen LogP contribution in [0.1, 0.15) is 20.3 Å². The van der Waals surface area contributed by atoms with Crippen LogP contribution in [0.4, 0.5) is 0 Å². The second-order valence-corrected chi connectivity index (χ2v) is 5.54. The predicted octanol–water partition coefficient (Wildman–Crippen LogP) is 0.165. The zero-order chi connectivity index (χ0) is 12.6. The molecule has 2 fully saturated rings. The first-order chi connectivity index (χ1) is 7.96. The number of amides is 1. The van der Waals surface area contributed by atoms with E-state index in [0.29, 0.717) is 6.54 Å². The number of carbonyl (C=O) groups is 2. The molecule has 5 nitrogen and oxygen atoms in total. The van der Waals surface area contributed by atoms with Gasteiger partial charge in [-0.05, 0) is 18.4 Å². The van der Waals surface area contributed by atoms with Crippen molar-refractivity contribution in [2.45, 2.75) is 20.3 Å². The number of hydrogen-bond donors (Lipinski definition) is 2. The molecule has 0 bridgehead atoms. The minimum absolute atomic E-state index is 0.0195. The Bertz CT molecular complexity index is 333. The van der Waals surface area contributed by atoms with E-state index in [1.165, 1.54) is 0 Å². The summed E-state index contributed by atoms with van der Waals surface area (Å²) < 4.78 is 0. The van der Waals surface area contributed by atoms with Gasteiger partial charge in [-0.1, -0.05) is 13.8 Å². The lowest BCUT2D eigenvalue weighted by Gasteiger charge is -2.20. The van der Waals surface area contributed by atoms with Crippen molar-refractivity contribution in [3.05, 3.63) is 0 Å². The van der Waals surface area contributed by atoms with Gasteiger partial charge in [0.15, 0.2) is 0 Å². The van der Waals surface area contributed by atoms with Crippen molar-refractivity contribution < 1.29 is 14.7 Å². The molecule has 1 saturated carbocycles. The number of nitrogens with zero attached hydrogens (tertiary/aromatic N) is 1. The fraction of sp³-hybridized carbons (Fsp3) is 0.833. The summed E-state index contributed by atoms with van der Waals surface area (Å²) in [5, 5.41) is 12.3. The van der Waals surface area contributed by atoms with Crippen LogP contribution in [0.3, 0.4) is 0 Å². The maximum atomic E-state index is 12.3. The van der Waals surface area contributed by atoms with Gasteiger partial charge in [-0.25, -0.2) is 0 Å². The van der Waals surface area contributed by atoms with E-state index in [1.807, 2.05) is 18.7 Å². The number of rotatable bonds is 2. The normalized spacial score (nSPS) is 31.8. The van der Waals surface area contributed by atoms with Crippen molar-refractivity contribution in [1.29, 1.82) is 0 Å². The van der Waals surface area contributed by atoms with Crippen LogP contribution in [-0.4, -0.2) is 48.1 Å². The monoisotopic (exact) mass is 240 g/mol. The highest BCUT2D eigenvalue weighted by molar-refractivity contribution is 5.91. The number of aliphatic carboxylic acids is 1. The van der Waals surface area contributed by atoms with Crippen LogP contribution in [-0.2, 0) is 9.59 Å². The van der Waals surface area contributed by atoms with E-state index >= 15 is 0 Å². The summed E-state index contributed by atoms with van der Waals surface area (Å²) in [6.07, 6.45) is 0.941. The molecule has 96 valence electrons. The minimum atomic E-state index is -0.846. The lowest BCUT2D eigenvalue weighted by atomic mass is 10.1. The van der Waals surface area contributed by atoms with Gasteiger partial charge in [-0.15, -0.1) is 0 Å². The summed E-state index contributed by atoms with van der Waals surface area (Å²) in [7, 11) is 0. The van der Waals surface area contributed by atoms with E-state index in [1.54, 1.807) is 0 Å². The molecule has 2 atom stereocenters. The maximum Gasteiger partial charge on any atom is 0.307 e. The van der Waals surface area contributed by atoms with Crippen LogP contribution < -0.4 is 5.32 Å². The lowest BCUT2D eigenvalue weighted by Crippen LogP contribution is -2.36. The highest BCUT2D eigenvalue weighted by Crippen LogP contribution is 2.59. The predicted molar refractivity (Wildman–Crippen MR) is 62.5 cm³/mol. The third-order valence-corrected chi connectivity index (χ3v) is 4.01. The molecule has 1 heterocycles. The van der Waals surface area contributed by atoms with Crippen LogP contribution in [0.2, 0.25) is 0 Å². The SMILES string of the molecule is CC1(C)[C@H](C(=O)O)[C@@H]1C(=O)N1CCCNCC1. The Balaban J connectivity index is 2.03. The van der Waals surface area contributed by atoms with E-state index in [4.69, 9.17) is 5.11 Å². The topological polar surface area (TPSA) is 69.6 Å². The first-order valence-corrected chi connectivity index (χ1v) is 6.18. The van der Waals surface area contributed by atoms with Crippen molar-refractivity contribution in [2.75, 3.05) is 26.2 Å². The number of nitrogens with one attached hydrogen (secondary N) is 1. The van der Waals surface area contributed by atoms with Gasteiger partial charge in [0.1, 0.15) is 0 Å². The quantitative estimate of drug-likeness (QED) is 0.721. The molecule has 0 unspecified atom stereocenters. The van der Waals surface area contributed by atoms with Crippen molar-refractivity contribution in [3.8, 4) is 0 Å². The molecule has 0 radical (unpaired) electrons. The minimum Gasteiger partial charge on any atom is -0.481 e. The molecular weight excluding hydrogens is 220 g/mol. The number of carboxylic acid groups (broad SMARTS) is 1. The Hall–Kier alpha value is -1.10. The van der Waals surface area contributed by atoms with Gasteiger partial charge >= 0.3 is 5.97 Å². The van der Waals surface area contributed by atoms with Crippen LogP contribution in [0, 0.1) is 17.3 Å². The first-order valence-electron chi connectivity index (χ1n) is 6.18. The molecule has 0 aromatic heterocycles. The van der Waals surface area contributed by atoms with Crippen molar-refractivity contribution in [1.82, 2.24) is 10.2 Å². The average molecular weight is 240 g/mol. The third kappa shape index (κ3) is 2.16. The fourth-order valence-corrected chi connectivity index (χ4v) is 2.82. The Morgan fingerprint density at radius 1 is 1.24 bits per heavy atom. The van der Waals surface area contributed by atoms with Gasteiger partial charge in [-0.3, -0.25) is 9.59 Å². The van der Waals surface area contributed by atoms with Crippen molar-refractivity contribution in [3.63, 3.8) is 0 Å². The highest BCUT2D eigenvalue weighted by atomic mass is 16.4. The molecule has 2 rings (SSSR count). The molecule has 0 aromatic carbocycles. The first kappa shape index (κ1) is 12.4. The van der Waals surface area contributed by atoms with Crippen molar-refractivity contribution >= 4 is 11.9 Å². The molecule has 0 spiro atoms. The third-order valence-electron chi connectivity index (χ3n) is 4.01. The van der Waals surface area contributed by atoms with E-state index < -0.39 is 11.9 Å². The molecule has 1 saturated heterocycles. The molecule has 2 N–H and O–H groups in total. The molecule has 0 aromatic rings. The Kier molecular flexibility index (Phi) is 3.12. The molecule has 1 aliphatic carbocycles. The van der Waals surface area contributed by atoms with E-state index in [0.717, 1.165) is 26.1 Å². The molecule has 5 heteroatoms. The summed E-state index contributed by atoms with van der Waals surface area (Å²) in [6.45, 7) is 6.90. The summed E-state index contributed by atoms with van der Waals surface area (Å²) in [5.41, 5.74) is -0.386. The van der Waals surface area contributed by atoms with Gasteiger partial charge in [0.2, 0.25) is 5.91 Å². The van der Waals surface area contributed by atoms with Crippen LogP contribution in [0.15, 0.2) is 0 Å². The summed E-state index contributed by atoms with van der Waals surface area (Å²) in [4.78, 5) is 25.2. The Morgan fingerprint density at radius 2 is 1.94 bits per heavy atom. The van der Waals surface area contributed by atoms with E-state index in [9.17, 15) is 9.59 Å². The largest absolute Gasteiger partial charge is 0.481 e. The van der Waals surface area contributed by atoms with Gasteiger partial charge < -0.3 is 15.3 Å². The van der Waals surface area contributed by atoms with Gasteiger partial charge in [-0.2, -0.15) is 0 Å². The van der Waals surface area contributed by atoms with Crippen LogP contribution in [0.25, 0.3) is 0 Å². The van der Waals surface area contributed by atoms with Crippen LogP contribution in [0.5, 0.6) is 0 Å². The lowest BCUT2D eigenvalue weighted by molar-refractivity contribution is -0.142. The fourth-order valence-electron chi connectivity index (χ4n) is 2.82. The molecule has 2 aliphatic rings. The zero-order valence-electron chi connectivity index (χ0n) is 10.4. The highest BCUT2D eigenvalue weighted by Gasteiger charge is 2.66. The van der Waals surface area contributed by atoms with E-state index in [-0.39, 0.29) is 17.2 Å². The number of hydrogen-bond acceptors (Lipinski definition) is 3. The second kappa shape index (κ2) is 4.29. The van der Waals surface area contributed by atoms with E-state index in [2.05, 4.69) is 5.32 Å². The maximum absolute atomic E-state index is 12.3. The summed E-state index contributed by atoms with van der Waals surface area (Å²) in [6, 6.07) is 0. The molecule has 1 amide bonds. The summed E-state index contributed by atoms with van der Waals surface area (Å²) >= 11 is 0. The molecule has 17 heavy (non-hydrogen) atoms. The molecular formula is C12H20N2O3. The number of carboxylic acids is 1. The average Bonchev–Trinajstić information content (AvgIpc) is 2.90. The number of carbonyl (C=O) groups excluding carboxylic acids is 1. The standard InChI is InChI=1S/C12H20N2O3/c1-12(2)8(9(12)11(16)17)10(15)14-6-3-4-13-5-7-14/h8-9,13H,3-7H2,1-2H3,(H,16,17)/t8-,9+/m1/s1. The van der Waals surface area contributed by atoms with Crippen LogP contribution >= 0.6 is 0 Å². The van der Waals surface area contributed by atoms with Crippen molar-refractivity contribution in [2.24, 2.45) is 17.3 Å². The Labute approximate surface area is 101 Å². The Morgan fingerprint density at radius 3 is 2.53 bits per heavy atom.